The van der Waals surface area contributed by atoms with E-state index in [2.05, 4.69) is 5.32 Å². The molecule has 0 bridgehead atoms. The molecule has 1 aliphatic heterocycles. The molecule has 0 aromatic rings. The summed E-state index contributed by atoms with van der Waals surface area (Å²) in [6.07, 6.45) is -1.62. The molecule has 1 heterocycles. The minimum atomic E-state index is -0.576. The zero-order valence-electron chi connectivity index (χ0n) is 12.0. The number of hydrogen-bond donors (Lipinski definition) is 1. The van der Waals surface area contributed by atoms with Crippen molar-refractivity contribution in [3.05, 3.63) is 0 Å². The van der Waals surface area contributed by atoms with Crippen LogP contribution in [-0.2, 0) is 28.5 Å². The fourth-order valence-corrected chi connectivity index (χ4v) is 2.30. The monoisotopic (exact) mass is 277 g/mol. The van der Waals surface area contributed by atoms with Crippen LogP contribution in [0.2, 0.25) is 0 Å². The quantitative estimate of drug-likeness (QED) is 0.678. The number of ether oxygens (including phenoxy) is 5. The standard InChI is InChI=1S/C12H23NO6/c1-7(14)13-9-11(17-4)10(19-12(9)18-5)8(16-3)6-15-2/h8-12H,6H2,1-5H3,(H,13,14). The van der Waals surface area contributed by atoms with Crippen molar-refractivity contribution in [2.24, 2.45) is 0 Å². The highest BCUT2D eigenvalue weighted by Crippen LogP contribution is 2.27. The van der Waals surface area contributed by atoms with E-state index in [1.807, 2.05) is 0 Å². The summed E-state index contributed by atoms with van der Waals surface area (Å²) in [5, 5.41) is 2.78. The highest BCUT2D eigenvalue weighted by atomic mass is 16.7. The fraction of sp³-hybridized carbons (Fsp3) is 0.917. The highest BCUT2D eigenvalue weighted by Gasteiger charge is 2.49. The molecule has 0 aliphatic carbocycles. The van der Waals surface area contributed by atoms with Crippen LogP contribution in [-0.4, -0.2) is 71.6 Å². The topological polar surface area (TPSA) is 75.3 Å². The molecule has 7 heteroatoms. The summed E-state index contributed by atoms with van der Waals surface area (Å²) in [5.74, 6) is -0.168. The van der Waals surface area contributed by atoms with Crippen LogP contribution in [0.3, 0.4) is 0 Å². The van der Waals surface area contributed by atoms with Gasteiger partial charge in [-0.1, -0.05) is 0 Å². The molecule has 1 aliphatic rings. The van der Waals surface area contributed by atoms with E-state index in [0.29, 0.717) is 6.61 Å². The molecule has 1 saturated heterocycles. The van der Waals surface area contributed by atoms with Crippen LogP contribution in [0.15, 0.2) is 0 Å². The second-order valence-corrected chi connectivity index (χ2v) is 4.36. The van der Waals surface area contributed by atoms with Gasteiger partial charge in [0.05, 0.1) is 6.61 Å². The van der Waals surface area contributed by atoms with Crippen molar-refractivity contribution < 1.29 is 28.5 Å². The summed E-state index contributed by atoms with van der Waals surface area (Å²) < 4.78 is 26.9. The van der Waals surface area contributed by atoms with Crippen molar-refractivity contribution in [1.82, 2.24) is 5.32 Å². The Balaban J connectivity index is 2.85. The van der Waals surface area contributed by atoms with Crippen LogP contribution in [0.25, 0.3) is 0 Å². The first-order chi connectivity index (χ1) is 9.08. The van der Waals surface area contributed by atoms with Crippen molar-refractivity contribution >= 4 is 5.91 Å². The normalized spacial score (nSPS) is 32.3. The van der Waals surface area contributed by atoms with Crippen LogP contribution in [0.4, 0.5) is 0 Å². The van der Waals surface area contributed by atoms with E-state index in [4.69, 9.17) is 23.7 Å². The maximum Gasteiger partial charge on any atom is 0.217 e. The Hall–Kier alpha value is -0.730. The number of rotatable bonds is 7. The first-order valence-corrected chi connectivity index (χ1v) is 6.08. The molecule has 0 aromatic heterocycles. The van der Waals surface area contributed by atoms with Gasteiger partial charge in [0.15, 0.2) is 6.29 Å². The molecule has 0 spiro atoms. The van der Waals surface area contributed by atoms with Gasteiger partial charge in [-0.3, -0.25) is 4.79 Å². The average Bonchev–Trinajstić information content (AvgIpc) is 2.72. The van der Waals surface area contributed by atoms with Gasteiger partial charge in [-0.15, -0.1) is 0 Å². The van der Waals surface area contributed by atoms with Crippen molar-refractivity contribution in [1.29, 1.82) is 0 Å². The molecule has 1 amide bonds. The molecule has 112 valence electrons. The molecule has 0 saturated carbocycles. The van der Waals surface area contributed by atoms with Gasteiger partial charge >= 0.3 is 0 Å². The van der Waals surface area contributed by atoms with E-state index in [1.165, 1.54) is 14.0 Å². The average molecular weight is 277 g/mol. The second kappa shape index (κ2) is 7.76. The Morgan fingerprint density at radius 2 is 1.95 bits per heavy atom. The molecule has 1 N–H and O–H groups in total. The van der Waals surface area contributed by atoms with Crippen molar-refractivity contribution in [3.8, 4) is 0 Å². The second-order valence-electron chi connectivity index (χ2n) is 4.36. The van der Waals surface area contributed by atoms with Crippen molar-refractivity contribution in [2.75, 3.05) is 35.0 Å². The summed E-state index contributed by atoms with van der Waals surface area (Å²) in [5.41, 5.74) is 0. The number of methoxy groups -OCH3 is 4. The van der Waals surface area contributed by atoms with Gasteiger partial charge in [0, 0.05) is 35.4 Å². The van der Waals surface area contributed by atoms with E-state index in [1.54, 1.807) is 21.3 Å². The maximum absolute atomic E-state index is 11.3. The van der Waals surface area contributed by atoms with Crippen molar-refractivity contribution in [2.45, 2.75) is 37.6 Å². The van der Waals surface area contributed by atoms with E-state index >= 15 is 0 Å². The summed E-state index contributed by atoms with van der Waals surface area (Å²) in [7, 11) is 6.25. The third-order valence-corrected chi connectivity index (χ3v) is 3.14. The Morgan fingerprint density at radius 1 is 1.26 bits per heavy atom. The van der Waals surface area contributed by atoms with E-state index in [-0.39, 0.29) is 30.3 Å². The van der Waals surface area contributed by atoms with Crippen LogP contribution in [0.5, 0.6) is 0 Å². The molecule has 7 nitrogen and oxygen atoms in total. The van der Waals surface area contributed by atoms with Gasteiger partial charge < -0.3 is 29.0 Å². The lowest BCUT2D eigenvalue weighted by Gasteiger charge is -2.26. The molecule has 19 heavy (non-hydrogen) atoms. The van der Waals surface area contributed by atoms with Gasteiger partial charge in [-0.25, -0.2) is 0 Å². The molecule has 1 fully saturated rings. The summed E-state index contributed by atoms with van der Waals surface area (Å²) in [4.78, 5) is 11.3. The Labute approximate surface area is 113 Å². The number of nitrogens with one attached hydrogen (secondary N) is 1. The van der Waals surface area contributed by atoms with E-state index in [0.717, 1.165) is 0 Å². The van der Waals surface area contributed by atoms with Crippen molar-refractivity contribution in [3.63, 3.8) is 0 Å². The van der Waals surface area contributed by atoms with E-state index in [9.17, 15) is 4.79 Å². The van der Waals surface area contributed by atoms with Crippen LogP contribution >= 0.6 is 0 Å². The number of amides is 1. The molecule has 0 aromatic carbocycles. The Kier molecular flexibility index (Phi) is 6.67. The minimum absolute atomic E-state index is 0.168. The van der Waals surface area contributed by atoms with Gasteiger partial charge in [0.25, 0.3) is 0 Å². The first kappa shape index (κ1) is 16.3. The smallest absolute Gasteiger partial charge is 0.217 e. The Bertz CT molecular complexity index is 287. The zero-order chi connectivity index (χ0) is 14.4. The lowest BCUT2D eigenvalue weighted by molar-refractivity contribution is -0.163. The third-order valence-electron chi connectivity index (χ3n) is 3.14. The van der Waals surface area contributed by atoms with Gasteiger partial charge in [0.2, 0.25) is 5.91 Å². The SMILES string of the molecule is COCC(OC)C1OC(OC)C(NC(C)=O)C1OC. The highest BCUT2D eigenvalue weighted by molar-refractivity contribution is 5.73. The largest absolute Gasteiger partial charge is 0.382 e. The zero-order valence-corrected chi connectivity index (χ0v) is 12.0. The van der Waals surface area contributed by atoms with Crippen LogP contribution in [0, 0.1) is 0 Å². The lowest BCUT2D eigenvalue weighted by atomic mass is 10.0. The summed E-state index contributed by atoms with van der Waals surface area (Å²) in [6, 6.07) is -0.382. The fourth-order valence-electron chi connectivity index (χ4n) is 2.30. The Morgan fingerprint density at radius 3 is 2.37 bits per heavy atom. The lowest BCUT2D eigenvalue weighted by Crippen LogP contribution is -2.50. The summed E-state index contributed by atoms with van der Waals surface area (Å²) in [6.45, 7) is 1.81. The molecule has 1 rings (SSSR count). The third kappa shape index (κ3) is 3.87. The number of hydrogen-bond acceptors (Lipinski definition) is 6. The van der Waals surface area contributed by atoms with Gasteiger partial charge in [0.1, 0.15) is 24.4 Å². The van der Waals surface area contributed by atoms with Gasteiger partial charge in [-0.2, -0.15) is 0 Å². The summed E-state index contributed by atoms with van der Waals surface area (Å²) >= 11 is 0. The first-order valence-electron chi connectivity index (χ1n) is 6.08. The van der Waals surface area contributed by atoms with Gasteiger partial charge in [-0.05, 0) is 0 Å². The number of carbonyl (C=O) groups is 1. The molecule has 5 atom stereocenters. The van der Waals surface area contributed by atoms with E-state index < -0.39 is 6.29 Å². The van der Waals surface area contributed by atoms with Crippen LogP contribution < -0.4 is 5.32 Å². The molecule has 0 radical (unpaired) electrons. The predicted molar refractivity (Wildman–Crippen MR) is 66.7 cm³/mol. The molecule has 5 unspecified atom stereocenters. The maximum atomic E-state index is 11.3. The number of carbonyl (C=O) groups excluding carboxylic acids is 1. The minimum Gasteiger partial charge on any atom is -0.382 e. The molecular weight excluding hydrogens is 254 g/mol. The van der Waals surface area contributed by atoms with Crippen LogP contribution in [0.1, 0.15) is 6.92 Å². The predicted octanol–water partition coefficient (Wildman–Crippen LogP) is -0.461. The molecular formula is C12H23NO6.